The van der Waals surface area contributed by atoms with Crippen molar-refractivity contribution < 1.29 is 14.3 Å². The van der Waals surface area contributed by atoms with Gasteiger partial charge in [-0.3, -0.25) is 10.1 Å². The van der Waals surface area contributed by atoms with Gasteiger partial charge in [-0.25, -0.2) is 4.79 Å². The third kappa shape index (κ3) is 4.49. The predicted octanol–water partition coefficient (Wildman–Crippen LogP) is 1.05. The van der Waals surface area contributed by atoms with Crippen molar-refractivity contribution in [3.63, 3.8) is 0 Å². The van der Waals surface area contributed by atoms with Gasteiger partial charge in [-0.2, -0.15) is 0 Å². The second kappa shape index (κ2) is 6.48. The van der Waals surface area contributed by atoms with E-state index < -0.39 is 18.0 Å². The van der Waals surface area contributed by atoms with E-state index in [1.165, 1.54) is 6.92 Å². The van der Waals surface area contributed by atoms with Crippen LogP contribution >= 0.6 is 28.1 Å². The molecule has 0 heterocycles. The summed E-state index contributed by atoms with van der Waals surface area (Å²) in [5, 5.41) is 1.92. The minimum atomic E-state index is -0.939. The lowest BCUT2D eigenvalue weighted by Gasteiger charge is -2.16. The van der Waals surface area contributed by atoms with Gasteiger partial charge >= 0.3 is 6.03 Å². The molecule has 1 atom stereocenters. The maximum Gasteiger partial charge on any atom is 0.318 e. The molecular weight excluding hydrogens is 334 g/mol. The number of primary amides is 1. The van der Waals surface area contributed by atoms with Crippen molar-refractivity contribution >= 4 is 45.1 Å². The van der Waals surface area contributed by atoms with Gasteiger partial charge in [0.2, 0.25) is 0 Å². The summed E-state index contributed by atoms with van der Waals surface area (Å²) in [5.74, 6) is -0.299. The van der Waals surface area contributed by atoms with E-state index in [4.69, 9.17) is 28.4 Å². The molecule has 0 spiro atoms. The number of ether oxygens (including phenoxy) is 1. The van der Waals surface area contributed by atoms with Gasteiger partial charge in [-0.1, -0.05) is 28.1 Å². The molecule has 1 unspecified atom stereocenters. The monoisotopic (exact) mass is 345 g/mol. The molecule has 0 saturated carbocycles. The number of halogens is 1. The number of amides is 3. The highest BCUT2D eigenvalue weighted by Gasteiger charge is 2.18. The normalized spacial score (nSPS) is 11.5. The predicted molar refractivity (Wildman–Crippen MR) is 77.8 cm³/mol. The average molecular weight is 346 g/mol. The van der Waals surface area contributed by atoms with Crippen molar-refractivity contribution in [2.24, 2.45) is 11.5 Å². The lowest BCUT2D eigenvalue weighted by Crippen LogP contribution is -2.42. The zero-order valence-electron chi connectivity index (χ0n) is 9.98. The van der Waals surface area contributed by atoms with E-state index in [-0.39, 0.29) is 4.99 Å². The maximum absolute atomic E-state index is 11.5. The molecule has 0 radical (unpaired) electrons. The topological polar surface area (TPSA) is 107 Å². The van der Waals surface area contributed by atoms with Crippen LogP contribution in [0.4, 0.5) is 4.79 Å². The van der Waals surface area contributed by atoms with E-state index in [0.29, 0.717) is 11.3 Å². The minimum Gasteiger partial charge on any atom is -0.480 e. The molecule has 1 aromatic carbocycles. The molecule has 0 fully saturated rings. The van der Waals surface area contributed by atoms with Gasteiger partial charge in [0.15, 0.2) is 6.10 Å². The summed E-state index contributed by atoms with van der Waals surface area (Å²) in [6.07, 6.45) is -0.915. The van der Waals surface area contributed by atoms with Gasteiger partial charge in [-0.05, 0) is 25.1 Å². The highest BCUT2D eigenvalue weighted by molar-refractivity contribution is 9.10. The number of nitrogens with two attached hydrogens (primary N) is 2. The second-order valence-corrected chi connectivity index (χ2v) is 4.97. The van der Waals surface area contributed by atoms with Crippen molar-refractivity contribution in [3.05, 3.63) is 28.2 Å². The van der Waals surface area contributed by atoms with E-state index in [0.717, 1.165) is 4.47 Å². The minimum absolute atomic E-state index is 0.138. The quantitative estimate of drug-likeness (QED) is 0.707. The third-order valence-corrected chi connectivity index (χ3v) is 2.84. The van der Waals surface area contributed by atoms with Gasteiger partial charge < -0.3 is 16.2 Å². The largest absolute Gasteiger partial charge is 0.480 e. The number of hydrogen-bond acceptors (Lipinski definition) is 4. The first kappa shape index (κ1) is 15.4. The molecule has 3 amide bonds. The van der Waals surface area contributed by atoms with Crippen LogP contribution in [-0.4, -0.2) is 23.0 Å². The maximum atomic E-state index is 11.5. The van der Waals surface area contributed by atoms with Gasteiger partial charge in [0.25, 0.3) is 5.91 Å². The van der Waals surface area contributed by atoms with Gasteiger partial charge in [0.1, 0.15) is 10.7 Å². The number of benzene rings is 1. The molecule has 0 aromatic heterocycles. The molecule has 8 heteroatoms. The third-order valence-electron chi connectivity index (χ3n) is 2.13. The first-order valence-corrected chi connectivity index (χ1v) is 6.37. The molecule has 0 saturated heterocycles. The summed E-state index contributed by atoms with van der Waals surface area (Å²) in [6, 6.07) is 4.07. The lowest BCUT2D eigenvalue weighted by atomic mass is 10.2. The molecule has 102 valence electrons. The molecule has 0 bridgehead atoms. The van der Waals surface area contributed by atoms with Crippen LogP contribution in [-0.2, 0) is 4.79 Å². The number of thiocarbonyl (C=S) groups is 1. The van der Waals surface area contributed by atoms with E-state index >= 15 is 0 Å². The summed E-state index contributed by atoms with van der Waals surface area (Å²) >= 11 is 8.18. The van der Waals surface area contributed by atoms with Crippen molar-refractivity contribution in [1.82, 2.24) is 5.32 Å². The number of rotatable bonds is 4. The summed E-state index contributed by atoms with van der Waals surface area (Å²) < 4.78 is 6.19. The summed E-state index contributed by atoms with van der Waals surface area (Å²) in [5.41, 5.74) is 10.9. The number of carbonyl (C=O) groups is 2. The SMILES string of the molecule is CC(Oc1ccc(Br)cc1C(N)=S)C(=O)NC(N)=O. The Morgan fingerprint density at radius 1 is 1.42 bits per heavy atom. The van der Waals surface area contributed by atoms with Crippen LogP contribution in [0.3, 0.4) is 0 Å². The zero-order chi connectivity index (χ0) is 14.6. The fourth-order valence-electron chi connectivity index (χ4n) is 1.26. The summed E-state index contributed by atoms with van der Waals surface area (Å²) in [4.78, 5) is 22.2. The highest BCUT2D eigenvalue weighted by Crippen LogP contribution is 2.24. The van der Waals surface area contributed by atoms with Gasteiger partial charge in [0, 0.05) is 4.47 Å². The van der Waals surface area contributed by atoms with Crippen LogP contribution in [0.25, 0.3) is 0 Å². The molecular formula is C11H12BrN3O3S. The molecule has 0 aliphatic heterocycles. The summed E-state index contributed by atoms with van der Waals surface area (Å²) in [7, 11) is 0. The van der Waals surface area contributed by atoms with E-state index in [1.807, 2.05) is 5.32 Å². The van der Waals surface area contributed by atoms with Crippen LogP contribution in [0.1, 0.15) is 12.5 Å². The number of carbonyl (C=O) groups excluding carboxylic acids is 2. The number of urea groups is 1. The lowest BCUT2D eigenvalue weighted by molar-refractivity contribution is -0.126. The van der Waals surface area contributed by atoms with Crippen LogP contribution in [0.15, 0.2) is 22.7 Å². The molecule has 0 aliphatic carbocycles. The Kier molecular flexibility index (Phi) is 5.25. The second-order valence-electron chi connectivity index (χ2n) is 3.62. The smallest absolute Gasteiger partial charge is 0.318 e. The first-order valence-electron chi connectivity index (χ1n) is 5.17. The zero-order valence-corrected chi connectivity index (χ0v) is 12.4. The van der Waals surface area contributed by atoms with Crippen LogP contribution in [0.5, 0.6) is 5.75 Å². The Bertz CT molecular complexity index is 536. The van der Waals surface area contributed by atoms with Crippen LogP contribution in [0, 0.1) is 0 Å². The van der Waals surface area contributed by atoms with Crippen molar-refractivity contribution in [1.29, 1.82) is 0 Å². The highest BCUT2D eigenvalue weighted by atomic mass is 79.9. The molecule has 0 aliphatic rings. The van der Waals surface area contributed by atoms with Crippen molar-refractivity contribution in [2.45, 2.75) is 13.0 Å². The fourth-order valence-corrected chi connectivity index (χ4v) is 1.79. The summed E-state index contributed by atoms with van der Waals surface area (Å²) in [6.45, 7) is 1.48. The standard InChI is InChI=1S/C11H12BrN3O3S/c1-5(10(16)15-11(14)17)18-8-3-2-6(12)4-7(8)9(13)19/h2-5H,1H3,(H2,13,19)(H3,14,15,16,17). The van der Waals surface area contributed by atoms with Gasteiger partial charge in [0.05, 0.1) is 5.56 Å². The Balaban J connectivity index is 2.90. The average Bonchev–Trinajstić information content (AvgIpc) is 2.30. The van der Waals surface area contributed by atoms with E-state index in [2.05, 4.69) is 15.9 Å². The molecule has 6 nitrogen and oxygen atoms in total. The Labute approximate surface area is 123 Å². The van der Waals surface area contributed by atoms with E-state index in [1.54, 1.807) is 18.2 Å². The van der Waals surface area contributed by atoms with E-state index in [9.17, 15) is 9.59 Å². The van der Waals surface area contributed by atoms with Gasteiger partial charge in [-0.15, -0.1) is 0 Å². The van der Waals surface area contributed by atoms with Crippen molar-refractivity contribution in [3.8, 4) is 5.75 Å². The Morgan fingerprint density at radius 2 is 2.05 bits per heavy atom. The molecule has 5 N–H and O–H groups in total. The van der Waals surface area contributed by atoms with Crippen LogP contribution < -0.4 is 21.5 Å². The number of nitrogens with one attached hydrogen (secondary N) is 1. The van der Waals surface area contributed by atoms with Crippen molar-refractivity contribution in [2.75, 3.05) is 0 Å². The fraction of sp³-hybridized carbons (Fsp3) is 0.182. The number of hydrogen-bond donors (Lipinski definition) is 3. The van der Waals surface area contributed by atoms with Crippen LogP contribution in [0.2, 0.25) is 0 Å². The Hall–Kier alpha value is -1.67. The molecule has 1 rings (SSSR count). The Morgan fingerprint density at radius 3 is 2.58 bits per heavy atom. The number of imide groups is 1. The molecule has 1 aromatic rings. The first-order chi connectivity index (χ1) is 8.81. The molecule has 19 heavy (non-hydrogen) atoms.